The minimum atomic E-state index is -0.525. The second-order valence-electron chi connectivity index (χ2n) is 4.46. The average molecular weight is 305 g/mol. The summed E-state index contributed by atoms with van der Waals surface area (Å²) in [6.07, 6.45) is 2.21. The SMILES string of the molecule is N[C@@H](CS)C1=N/C(=C/c2ccc(O)cc2)C(=O)N1CC=O. The Morgan fingerprint density at radius 3 is 2.62 bits per heavy atom. The van der Waals surface area contributed by atoms with Crippen LogP contribution < -0.4 is 5.73 Å². The highest BCUT2D eigenvalue weighted by Gasteiger charge is 2.32. The zero-order valence-electron chi connectivity index (χ0n) is 11.1. The first-order valence-corrected chi connectivity index (χ1v) is 6.91. The Bertz CT molecular complexity index is 610. The summed E-state index contributed by atoms with van der Waals surface area (Å²) in [5, 5.41) is 9.24. The van der Waals surface area contributed by atoms with E-state index in [1.807, 2.05) is 0 Å². The van der Waals surface area contributed by atoms with Crippen molar-refractivity contribution in [2.75, 3.05) is 12.3 Å². The van der Waals surface area contributed by atoms with E-state index in [9.17, 15) is 14.7 Å². The van der Waals surface area contributed by atoms with Gasteiger partial charge in [0, 0.05) is 5.75 Å². The molecule has 0 saturated heterocycles. The molecule has 1 aromatic carbocycles. The first kappa shape index (κ1) is 15.3. The van der Waals surface area contributed by atoms with Crippen molar-refractivity contribution in [3.63, 3.8) is 0 Å². The molecule has 6 nitrogen and oxygen atoms in total. The van der Waals surface area contributed by atoms with Gasteiger partial charge in [-0.2, -0.15) is 12.6 Å². The molecule has 1 aliphatic heterocycles. The van der Waals surface area contributed by atoms with Crippen LogP contribution in [0.25, 0.3) is 6.08 Å². The number of nitrogens with two attached hydrogens (primary N) is 1. The fraction of sp³-hybridized carbons (Fsp3) is 0.214. The number of benzene rings is 1. The maximum absolute atomic E-state index is 12.3. The highest BCUT2D eigenvalue weighted by atomic mass is 32.1. The Morgan fingerprint density at radius 2 is 2.05 bits per heavy atom. The quantitative estimate of drug-likeness (QED) is 0.417. The number of thiol groups is 1. The number of carbonyl (C=O) groups is 2. The standard InChI is InChI=1S/C14H15N3O3S/c15-11(8-21)13-16-12(14(20)17(13)5-6-18)7-9-1-3-10(19)4-2-9/h1-4,6-7,11,19,21H,5,8,15H2/b12-7+/t11-/m0/s1. The topological polar surface area (TPSA) is 96.0 Å². The van der Waals surface area contributed by atoms with Gasteiger partial charge >= 0.3 is 0 Å². The molecule has 2 rings (SSSR count). The molecule has 3 N–H and O–H groups in total. The Kier molecular flexibility index (Phi) is 4.77. The van der Waals surface area contributed by atoms with E-state index in [0.29, 0.717) is 23.4 Å². The van der Waals surface area contributed by atoms with Crippen LogP contribution in [0.1, 0.15) is 5.56 Å². The molecule has 1 heterocycles. The van der Waals surface area contributed by atoms with Gasteiger partial charge in [-0.3, -0.25) is 9.69 Å². The molecule has 0 aliphatic carbocycles. The monoisotopic (exact) mass is 305 g/mol. The lowest BCUT2D eigenvalue weighted by atomic mass is 10.2. The molecule has 0 aromatic heterocycles. The van der Waals surface area contributed by atoms with Gasteiger partial charge in [-0.15, -0.1) is 0 Å². The highest BCUT2D eigenvalue weighted by Crippen LogP contribution is 2.20. The minimum Gasteiger partial charge on any atom is -0.508 e. The summed E-state index contributed by atoms with van der Waals surface area (Å²) in [6, 6.07) is 5.82. The summed E-state index contributed by atoms with van der Waals surface area (Å²) in [6.45, 7) is -0.0912. The maximum Gasteiger partial charge on any atom is 0.278 e. The maximum atomic E-state index is 12.3. The van der Waals surface area contributed by atoms with Crippen molar-refractivity contribution in [2.45, 2.75) is 6.04 Å². The van der Waals surface area contributed by atoms with Crippen LogP contribution in [0.3, 0.4) is 0 Å². The number of carbonyl (C=O) groups excluding carboxylic acids is 2. The second kappa shape index (κ2) is 6.55. The van der Waals surface area contributed by atoms with Gasteiger partial charge in [0.05, 0.1) is 12.6 Å². The van der Waals surface area contributed by atoms with Gasteiger partial charge in [-0.25, -0.2) is 4.99 Å². The second-order valence-corrected chi connectivity index (χ2v) is 4.83. The zero-order valence-corrected chi connectivity index (χ0v) is 12.0. The van der Waals surface area contributed by atoms with Crippen LogP contribution in [-0.4, -0.2) is 46.4 Å². The lowest BCUT2D eigenvalue weighted by Crippen LogP contribution is -2.45. The van der Waals surface area contributed by atoms with Gasteiger partial charge in [0.25, 0.3) is 5.91 Å². The van der Waals surface area contributed by atoms with E-state index < -0.39 is 6.04 Å². The molecule has 1 atom stereocenters. The lowest BCUT2D eigenvalue weighted by molar-refractivity contribution is -0.124. The third kappa shape index (κ3) is 3.32. The highest BCUT2D eigenvalue weighted by molar-refractivity contribution is 7.80. The normalized spacial score (nSPS) is 18.0. The molecule has 0 bridgehead atoms. The summed E-state index contributed by atoms with van der Waals surface area (Å²) in [5.41, 5.74) is 6.78. The van der Waals surface area contributed by atoms with Crippen LogP contribution in [0.2, 0.25) is 0 Å². The van der Waals surface area contributed by atoms with Crippen molar-refractivity contribution in [1.29, 1.82) is 0 Å². The van der Waals surface area contributed by atoms with Crippen LogP contribution in [0.4, 0.5) is 0 Å². The molecular weight excluding hydrogens is 290 g/mol. The molecule has 21 heavy (non-hydrogen) atoms. The molecule has 1 amide bonds. The summed E-state index contributed by atoms with van der Waals surface area (Å²) < 4.78 is 0. The van der Waals surface area contributed by atoms with Crippen molar-refractivity contribution in [1.82, 2.24) is 4.90 Å². The van der Waals surface area contributed by atoms with E-state index in [1.54, 1.807) is 18.2 Å². The number of aromatic hydroxyl groups is 1. The third-order valence-corrected chi connectivity index (χ3v) is 3.35. The smallest absolute Gasteiger partial charge is 0.278 e. The molecular formula is C14H15N3O3S. The number of amides is 1. The van der Waals surface area contributed by atoms with E-state index >= 15 is 0 Å². The number of aliphatic imine (C=N–C) groups is 1. The molecule has 0 saturated carbocycles. The van der Waals surface area contributed by atoms with Crippen LogP contribution in [-0.2, 0) is 9.59 Å². The van der Waals surface area contributed by atoms with Gasteiger partial charge < -0.3 is 15.6 Å². The number of hydrogen-bond acceptors (Lipinski definition) is 6. The van der Waals surface area contributed by atoms with Crippen molar-refractivity contribution in [3.05, 3.63) is 35.5 Å². The fourth-order valence-electron chi connectivity index (χ4n) is 1.91. The molecule has 1 aliphatic rings. The zero-order chi connectivity index (χ0) is 15.4. The van der Waals surface area contributed by atoms with Crippen molar-refractivity contribution < 1.29 is 14.7 Å². The average Bonchev–Trinajstić information content (AvgIpc) is 2.78. The van der Waals surface area contributed by atoms with Crippen LogP contribution >= 0.6 is 12.6 Å². The van der Waals surface area contributed by atoms with Gasteiger partial charge in [-0.1, -0.05) is 12.1 Å². The van der Waals surface area contributed by atoms with Gasteiger partial charge in [0.15, 0.2) is 0 Å². The Labute approximate surface area is 127 Å². The number of rotatable bonds is 5. The molecule has 110 valence electrons. The largest absolute Gasteiger partial charge is 0.508 e. The first-order chi connectivity index (χ1) is 10.1. The molecule has 7 heteroatoms. The predicted molar refractivity (Wildman–Crippen MR) is 83.1 cm³/mol. The van der Waals surface area contributed by atoms with E-state index in [0.717, 1.165) is 0 Å². The number of phenolic OH excluding ortho intramolecular Hbond substituents is 1. The van der Waals surface area contributed by atoms with Gasteiger partial charge in [0.1, 0.15) is 23.6 Å². The molecule has 0 unspecified atom stereocenters. The number of hydrogen-bond donors (Lipinski definition) is 3. The van der Waals surface area contributed by atoms with E-state index in [4.69, 9.17) is 5.73 Å². The summed E-state index contributed by atoms with van der Waals surface area (Å²) >= 11 is 4.09. The van der Waals surface area contributed by atoms with Crippen molar-refractivity contribution in [2.24, 2.45) is 10.7 Å². The minimum absolute atomic E-state index is 0.0912. The van der Waals surface area contributed by atoms with Gasteiger partial charge in [0.2, 0.25) is 0 Å². The number of aldehydes is 1. The fourth-order valence-corrected chi connectivity index (χ4v) is 2.08. The van der Waals surface area contributed by atoms with Crippen LogP contribution in [0, 0.1) is 0 Å². The number of nitrogens with zero attached hydrogens (tertiary/aromatic N) is 2. The lowest BCUT2D eigenvalue weighted by Gasteiger charge is -2.18. The van der Waals surface area contributed by atoms with Crippen molar-refractivity contribution >= 4 is 36.7 Å². The summed E-state index contributed by atoms with van der Waals surface area (Å²) in [4.78, 5) is 28.4. The summed E-state index contributed by atoms with van der Waals surface area (Å²) in [5.74, 6) is 0.418. The number of phenols is 1. The summed E-state index contributed by atoms with van der Waals surface area (Å²) in [7, 11) is 0. The van der Waals surface area contributed by atoms with E-state index in [2.05, 4.69) is 17.6 Å². The third-order valence-electron chi connectivity index (χ3n) is 2.96. The molecule has 0 spiro atoms. The molecule has 0 radical (unpaired) electrons. The predicted octanol–water partition coefficient (Wildman–Crippen LogP) is 0.430. The molecule has 1 aromatic rings. The Hall–Kier alpha value is -2.12. The number of amidine groups is 1. The first-order valence-electron chi connectivity index (χ1n) is 6.28. The van der Waals surface area contributed by atoms with Crippen molar-refractivity contribution in [3.8, 4) is 5.75 Å². The van der Waals surface area contributed by atoms with E-state index in [1.165, 1.54) is 17.0 Å². The molecule has 0 fully saturated rings. The van der Waals surface area contributed by atoms with Crippen LogP contribution in [0.5, 0.6) is 5.75 Å². The Morgan fingerprint density at radius 1 is 1.38 bits per heavy atom. The van der Waals surface area contributed by atoms with E-state index in [-0.39, 0.29) is 23.9 Å². The van der Waals surface area contributed by atoms with Crippen LogP contribution in [0.15, 0.2) is 35.0 Å². The Balaban J connectivity index is 2.35. The van der Waals surface area contributed by atoms with Gasteiger partial charge in [-0.05, 0) is 23.8 Å².